The van der Waals surface area contributed by atoms with E-state index in [1.54, 1.807) is 5.01 Å². The summed E-state index contributed by atoms with van der Waals surface area (Å²) in [5.41, 5.74) is 0. The molecule has 0 aromatic rings. The smallest absolute Gasteiger partial charge is 0.0834 e. The van der Waals surface area contributed by atoms with Gasteiger partial charge in [0.25, 0.3) is 0 Å². The zero-order chi connectivity index (χ0) is 8.97. The summed E-state index contributed by atoms with van der Waals surface area (Å²) in [6.45, 7) is 1.07. The second-order valence-corrected chi connectivity index (χ2v) is 3.42. The maximum absolute atomic E-state index is 8.66. The van der Waals surface area contributed by atoms with Crippen molar-refractivity contribution in [2.75, 3.05) is 20.2 Å². The fourth-order valence-corrected chi connectivity index (χ4v) is 1.43. The third-order valence-corrected chi connectivity index (χ3v) is 2.15. The molecule has 1 aliphatic rings. The standard InChI is InChI=1S/C8H18N2O2/c1-10(9)4-2-3-7-5-8(6-11)12-7/h7-8,11H,2-6,9H2,1H3/t7?,8-/m1/s1. The Kier molecular flexibility index (Phi) is 3.94. The van der Waals surface area contributed by atoms with Gasteiger partial charge in [0.05, 0.1) is 18.8 Å². The molecule has 1 rings (SSSR count). The summed E-state index contributed by atoms with van der Waals surface area (Å²) in [6, 6.07) is 0. The highest BCUT2D eigenvalue weighted by Crippen LogP contribution is 2.23. The first-order valence-corrected chi connectivity index (χ1v) is 4.44. The lowest BCUT2D eigenvalue weighted by atomic mass is 10.0. The molecule has 1 fully saturated rings. The minimum Gasteiger partial charge on any atom is -0.394 e. The van der Waals surface area contributed by atoms with Gasteiger partial charge in [-0.05, 0) is 12.8 Å². The maximum atomic E-state index is 8.66. The second-order valence-electron chi connectivity index (χ2n) is 3.42. The monoisotopic (exact) mass is 174 g/mol. The molecular weight excluding hydrogens is 156 g/mol. The SMILES string of the molecule is CN(N)CCCC1C[C@H](CO)O1. The number of aliphatic hydroxyl groups excluding tert-OH is 1. The van der Waals surface area contributed by atoms with E-state index in [0.29, 0.717) is 6.10 Å². The largest absolute Gasteiger partial charge is 0.394 e. The van der Waals surface area contributed by atoms with Crippen LogP contribution in [-0.2, 0) is 4.74 Å². The molecule has 1 saturated heterocycles. The zero-order valence-electron chi connectivity index (χ0n) is 7.57. The molecule has 0 aromatic carbocycles. The van der Waals surface area contributed by atoms with E-state index < -0.39 is 0 Å². The van der Waals surface area contributed by atoms with Gasteiger partial charge in [0, 0.05) is 20.0 Å². The second kappa shape index (κ2) is 4.77. The van der Waals surface area contributed by atoms with E-state index in [4.69, 9.17) is 15.7 Å². The van der Waals surface area contributed by atoms with Gasteiger partial charge in [-0.25, -0.2) is 0 Å². The van der Waals surface area contributed by atoms with Crippen molar-refractivity contribution in [3.8, 4) is 0 Å². The summed E-state index contributed by atoms with van der Waals surface area (Å²) < 4.78 is 5.36. The molecule has 2 atom stereocenters. The lowest BCUT2D eigenvalue weighted by molar-refractivity contribution is -0.145. The zero-order valence-corrected chi connectivity index (χ0v) is 7.57. The molecule has 1 heterocycles. The van der Waals surface area contributed by atoms with E-state index in [2.05, 4.69) is 0 Å². The molecule has 0 spiro atoms. The quantitative estimate of drug-likeness (QED) is 0.444. The lowest BCUT2D eigenvalue weighted by Crippen LogP contribution is -2.40. The predicted molar refractivity (Wildman–Crippen MR) is 46.4 cm³/mol. The number of hydrogen-bond acceptors (Lipinski definition) is 4. The number of nitrogens with zero attached hydrogens (tertiary/aromatic N) is 1. The van der Waals surface area contributed by atoms with E-state index >= 15 is 0 Å². The van der Waals surface area contributed by atoms with Crippen LogP contribution in [0.5, 0.6) is 0 Å². The molecule has 0 aromatic heterocycles. The van der Waals surface area contributed by atoms with Gasteiger partial charge < -0.3 is 9.84 Å². The van der Waals surface area contributed by atoms with Crippen LogP contribution in [0.15, 0.2) is 0 Å². The van der Waals surface area contributed by atoms with Gasteiger partial charge in [-0.15, -0.1) is 0 Å². The van der Waals surface area contributed by atoms with E-state index in [-0.39, 0.29) is 12.7 Å². The molecule has 0 amide bonds. The molecule has 0 aliphatic carbocycles. The molecule has 12 heavy (non-hydrogen) atoms. The maximum Gasteiger partial charge on any atom is 0.0834 e. The first-order chi connectivity index (χ1) is 5.72. The molecule has 1 aliphatic heterocycles. The third kappa shape index (κ3) is 3.06. The van der Waals surface area contributed by atoms with Crippen molar-refractivity contribution in [3.05, 3.63) is 0 Å². The van der Waals surface area contributed by atoms with Crippen molar-refractivity contribution < 1.29 is 9.84 Å². The average molecular weight is 174 g/mol. The average Bonchev–Trinajstić information content (AvgIpc) is 1.93. The van der Waals surface area contributed by atoms with Crippen LogP contribution in [0.2, 0.25) is 0 Å². The van der Waals surface area contributed by atoms with Crippen LogP contribution in [0.25, 0.3) is 0 Å². The Hall–Kier alpha value is -0.160. The molecule has 3 N–H and O–H groups in total. The molecule has 0 radical (unpaired) electrons. The van der Waals surface area contributed by atoms with Crippen LogP contribution in [0.3, 0.4) is 0 Å². The topological polar surface area (TPSA) is 58.7 Å². The normalized spacial score (nSPS) is 29.0. The first-order valence-electron chi connectivity index (χ1n) is 4.44. The van der Waals surface area contributed by atoms with Crippen LogP contribution >= 0.6 is 0 Å². The molecule has 72 valence electrons. The molecule has 0 saturated carbocycles. The van der Waals surface area contributed by atoms with E-state index in [1.165, 1.54) is 0 Å². The highest BCUT2D eigenvalue weighted by atomic mass is 16.5. The number of hydrazine groups is 1. The van der Waals surface area contributed by atoms with Gasteiger partial charge in [-0.1, -0.05) is 0 Å². The van der Waals surface area contributed by atoms with E-state index in [1.807, 2.05) is 7.05 Å². The van der Waals surface area contributed by atoms with Crippen molar-refractivity contribution in [1.29, 1.82) is 0 Å². The first kappa shape index (κ1) is 9.92. The van der Waals surface area contributed by atoms with Gasteiger partial charge in [0.15, 0.2) is 0 Å². The van der Waals surface area contributed by atoms with Gasteiger partial charge in [0.2, 0.25) is 0 Å². The molecule has 0 bridgehead atoms. The summed E-state index contributed by atoms with van der Waals surface area (Å²) in [4.78, 5) is 0. The Morgan fingerprint density at radius 1 is 1.58 bits per heavy atom. The number of aliphatic hydroxyl groups is 1. The number of hydrogen-bond donors (Lipinski definition) is 2. The van der Waals surface area contributed by atoms with E-state index in [0.717, 1.165) is 25.8 Å². The van der Waals surface area contributed by atoms with Gasteiger partial charge >= 0.3 is 0 Å². The van der Waals surface area contributed by atoms with Crippen LogP contribution in [-0.4, -0.2) is 42.5 Å². The Bertz CT molecular complexity index is 124. The summed E-state index contributed by atoms with van der Waals surface area (Å²) in [7, 11) is 1.86. The van der Waals surface area contributed by atoms with Crippen LogP contribution in [0.4, 0.5) is 0 Å². The Balaban J connectivity index is 1.90. The summed E-state index contributed by atoms with van der Waals surface area (Å²) in [6.07, 6.45) is 3.59. The lowest BCUT2D eigenvalue weighted by Gasteiger charge is -2.35. The van der Waals surface area contributed by atoms with Gasteiger partial charge in [-0.3, -0.25) is 10.9 Å². The van der Waals surface area contributed by atoms with E-state index in [9.17, 15) is 0 Å². The highest BCUT2D eigenvalue weighted by molar-refractivity contribution is 4.76. The fourth-order valence-electron chi connectivity index (χ4n) is 1.43. The Labute approximate surface area is 73.3 Å². The molecular formula is C8H18N2O2. The Morgan fingerprint density at radius 3 is 2.75 bits per heavy atom. The number of nitrogens with two attached hydrogens (primary N) is 1. The molecule has 4 nitrogen and oxygen atoms in total. The van der Waals surface area contributed by atoms with Crippen molar-refractivity contribution in [3.63, 3.8) is 0 Å². The van der Waals surface area contributed by atoms with Crippen molar-refractivity contribution >= 4 is 0 Å². The van der Waals surface area contributed by atoms with Gasteiger partial charge in [-0.2, -0.15) is 0 Å². The molecule has 1 unspecified atom stereocenters. The van der Waals surface area contributed by atoms with Gasteiger partial charge in [0.1, 0.15) is 0 Å². The number of rotatable bonds is 5. The van der Waals surface area contributed by atoms with Crippen LogP contribution < -0.4 is 5.84 Å². The van der Waals surface area contributed by atoms with Crippen LogP contribution in [0.1, 0.15) is 19.3 Å². The molecule has 4 heteroatoms. The van der Waals surface area contributed by atoms with Crippen molar-refractivity contribution in [1.82, 2.24) is 5.01 Å². The third-order valence-electron chi connectivity index (χ3n) is 2.15. The van der Waals surface area contributed by atoms with Crippen LogP contribution in [0, 0.1) is 0 Å². The minimum atomic E-state index is 0.102. The number of ether oxygens (including phenoxy) is 1. The fraction of sp³-hybridized carbons (Fsp3) is 1.00. The summed E-state index contributed by atoms with van der Waals surface area (Å²) in [5, 5.41) is 10.3. The van der Waals surface area contributed by atoms with Crippen molar-refractivity contribution in [2.45, 2.75) is 31.5 Å². The minimum absolute atomic E-state index is 0.102. The predicted octanol–water partition coefficient (Wildman–Crippen LogP) is -0.278. The summed E-state index contributed by atoms with van der Waals surface area (Å²) in [5.74, 6) is 5.44. The summed E-state index contributed by atoms with van der Waals surface area (Å²) >= 11 is 0. The highest BCUT2D eigenvalue weighted by Gasteiger charge is 2.28. The van der Waals surface area contributed by atoms with Crippen molar-refractivity contribution in [2.24, 2.45) is 5.84 Å². The Morgan fingerprint density at radius 2 is 2.25 bits per heavy atom.